The van der Waals surface area contributed by atoms with Crippen LogP contribution in [0.1, 0.15) is 70.8 Å². The number of H-pyrrole nitrogens is 1. The topological polar surface area (TPSA) is 39.3 Å². The van der Waals surface area contributed by atoms with E-state index in [0.29, 0.717) is 5.75 Å². The minimum absolute atomic E-state index is 0.395. The molecule has 2 rings (SSSR count). The zero-order chi connectivity index (χ0) is 17.9. The summed E-state index contributed by atoms with van der Waals surface area (Å²) in [4.78, 5) is 5.92. The van der Waals surface area contributed by atoms with Crippen molar-refractivity contribution in [1.29, 1.82) is 0 Å². The molecule has 1 aromatic heterocycles. The van der Waals surface area contributed by atoms with Gasteiger partial charge in [-0.05, 0) is 50.0 Å². The van der Waals surface area contributed by atoms with Crippen molar-refractivity contribution in [3.63, 3.8) is 0 Å². The van der Waals surface area contributed by atoms with Crippen LogP contribution in [0.3, 0.4) is 0 Å². The van der Waals surface area contributed by atoms with Crippen LogP contribution in [0.5, 0.6) is 5.75 Å². The Morgan fingerprint density at radius 2 is 1.56 bits per heavy atom. The van der Waals surface area contributed by atoms with Crippen LogP contribution in [0.4, 0.5) is 0 Å². The maximum Gasteiger partial charge on any atom is 0.125 e. The molecule has 2 N–H and O–H groups in total. The van der Waals surface area contributed by atoms with E-state index in [0.717, 1.165) is 23.9 Å². The second-order valence-electron chi connectivity index (χ2n) is 7.23. The van der Waals surface area contributed by atoms with E-state index in [9.17, 15) is 5.11 Å². The summed E-state index contributed by atoms with van der Waals surface area (Å²) in [7, 11) is 0. The van der Waals surface area contributed by atoms with Crippen LogP contribution in [0.25, 0.3) is 10.9 Å². The highest BCUT2D eigenvalue weighted by molar-refractivity contribution is 5.88. The number of unbranched alkanes of at least 4 members (excludes halogenated alkanes) is 6. The van der Waals surface area contributed by atoms with E-state index < -0.39 is 0 Å². The van der Waals surface area contributed by atoms with Crippen molar-refractivity contribution in [1.82, 2.24) is 9.88 Å². The van der Waals surface area contributed by atoms with E-state index in [1.165, 1.54) is 70.0 Å². The second kappa shape index (κ2) is 11.2. The molecule has 0 amide bonds. The minimum Gasteiger partial charge on any atom is -0.507 e. The lowest BCUT2D eigenvalue weighted by Crippen LogP contribution is -2.28. The van der Waals surface area contributed by atoms with Gasteiger partial charge in [0.05, 0.1) is 0 Å². The van der Waals surface area contributed by atoms with Crippen LogP contribution in [0, 0.1) is 0 Å². The molecule has 0 aliphatic heterocycles. The quantitative estimate of drug-likeness (QED) is 0.445. The van der Waals surface area contributed by atoms with Gasteiger partial charge in [-0.2, -0.15) is 0 Å². The summed E-state index contributed by atoms with van der Waals surface area (Å²) in [5, 5.41) is 11.2. The number of nitrogens with one attached hydrogen (secondary N) is 1. The fraction of sp³-hybridized carbons (Fsp3) is 0.636. The number of aromatic amines is 1. The maximum atomic E-state index is 10.2. The molecule has 0 bridgehead atoms. The Kier molecular flexibility index (Phi) is 8.89. The SMILES string of the molecule is CCCCCCN(CCCCCC)CCc1c[nH]c2cccc(O)c12. The maximum absolute atomic E-state index is 10.2. The molecule has 1 aromatic carbocycles. The van der Waals surface area contributed by atoms with Crippen molar-refractivity contribution in [2.24, 2.45) is 0 Å². The third-order valence-corrected chi connectivity index (χ3v) is 5.12. The number of phenolic OH excluding ortho intramolecular Hbond substituents is 1. The first-order chi connectivity index (χ1) is 12.3. The molecule has 0 radical (unpaired) electrons. The monoisotopic (exact) mass is 344 g/mol. The zero-order valence-corrected chi connectivity index (χ0v) is 16.2. The highest BCUT2D eigenvalue weighted by Crippen LogP contribution is 2.27. The van der Waals surface area contributed by atoms with E-state index in [-0.39, 0.29) is 0 Å². The average Bonchev–Trinajstić information content (AvgIpc) is 3.04. The lowest BCUT2D eigenvalue weighted by molar-refractivity contribution is 0.264. The number of nitrogens with zero attached hydrogens (tertiary/aromatic N) is 1. The van der Waals surface area contributed by atoms with Gasteiger partial charge in [0.25, 0.3) is 0 Å². The van der Waals surface area contributed by atoms with E-state index in [1.807, 2.05) is 12.1 Å². The Bertz CT molecular complexity index is 593. The summed E-state index contributed by atoms with van der Waals surface area (Å²) in [5.41, 5.74) is 2.27. The largest absolute Gasteiger partial charge is 0.507 e. The van der Waals surface area contributed by atoms with Gasteiger partial charge in [-0.1, -0.05) is 58.4 Å². The highest BCUT2D eigenvalue weighted by Gasteiger charge is 2.10. The van der Waals surface area contributed by atoms with E-state index in [2.05, 4.69) is 29.9 Å². The number of fused-ring (bicyclic) bond motifs is 1. The summed E-state index contributed by atoms with van der Waals surface area (Å²) in [6.45, 7) is 8.04. The van der Waals surface area contributed by atoms with E-state index in [1.54, 1.807) is 6.07 Å². The van der Waals surface area contributed by atoms with Gasteiger partial charge in [0, 0.05) is 23.6 Å². The van der Waals surface area contributed by atoms with Crippen molar-refractivity contribution < 1.29 is 5.11 Å². The first-order valence-electron chi connectivity index (χ1n) is 10.3. The Hall–Kier alpha value is -1.48. The van der Waals surface area contributed by atoms with Gasteiger partial charge in [0.2, 0.25) is 0 Å². The average molecular weight is 345 g/mol. The molecule has 140 valence electrons. The predicted molar refractivity (Wildman–Crippen MR) is 108 cm³/mol. The third kappa shape index (κ3) is 6.39. The molecular weight excluding hydrogens is 308 g/mol. The van der Waals surface area contributed by atoms with Crippen LogP contribution in [0.15, 0.2) is 24.4 Å². The normalized spacial score (nSPS) is 11.6. The van der Waals surface area contributed by atoms with Crippen molar-refractivity contribution >= 4 is 10.9 Å². The number of aromatic hydroxyl groups is 1. The van der Waals surface area contributed by atoms with Crippen molar-refractivity contribution in [2.45, 2.75) is 71.6 Å². The first-order valence-corrected chi connectivity index (χ1v) is 10.3. The molecule has 0 saturated carbocycles. The highest BCUT2D eigenvalue weighted by atomic mass is 16.3. The Labute approximate surface area is 153 Å². The van der Waals surface area contributed by atoms with Gasteiger partial charge >= 0.3 is 0 Å². The van der Waals surface area contributed by atoms with Crippen LogP contribution in [0.2, 0.25) is 0 Å². The van der Waals surface area contributed by atoms with E-state index >= 15 is 0 Å². The van der Waals surface area contributed by atoms with Crippen LogP contribution >= 0.6 is 0 Å². The minimum atomic E-state index is 0.395. The molecule has 25 heavy (non-hydrogen) atoms. The molecule has 0 aliphatic rings. The molecule has 0 spiro atoms. The Morgan fingerprint density at radius 3 is 2.20 bits per heavy atom. The van der Waals surface area contributed by atoms with Crippen LogP contribution in [-0.4, -0.2) is 34.6 Å². The lowest BCUT2D eigenvalue weighted by atomic mass is 10.1. The molecule has 0 unspecified atom stereocenters. The second-order valence-corrected chi connectivity index (χ2v) is 7.23. The summed E-state index contributed by atoms with van der Waals surface area (Å²) in [6, 6.07) is 5.71. The van der Waals surface area contributed by atoms with Gasteiger partial charge in [-0.25, -0.2) is 0 Å². The molecular formula is C22H36N2O. The zero-order valence-electron chi connectivity index (χ0n) is 16.2. The third-order valence-electron chi connectivity index (χ3n) is 5.12. The summed E-state index contributed by atoms with van der Waals surface area (Å²) < 4.78 is 0. The fourth-order valence-electron chi connectivity index (χ4n) is 3.57. The van der Waals surface area contributed by atoms with Crippen LogP contribution < -0.4 is 0 Å². The predicted octanol–water partition coefficient (Wildman–Crippen LogP) is 5.88. The molecule has 2 aromatic rings. The Morgan fingerprint density at radius 1 is 0.880 bits per heavy atom. The summed E-state index contributed by atoms with van der Waals surface area (Å²) in [5.74, 6) is 0.395. The molecule has 0 saturated heterocycles. The number of phenols is 1. The molecule has 0 atom stereocenters. The van der Waals surface area contributed by atoms with Gasteiger partial charge in [0.15, 0.2) is 0 Å². The first kappa shape index (κ1) is 19.8. The number of hydrogen-bond donors (Lipinski definition) is 2. The molecule has 3 nitrogen and oxygen atoms in total. The van der Waals surface area contributed by atoms with Gasteiger partial charge in [0.1, 0.15) is 5.75 Å². The lowest BCUT2D eigenvalue weighted by Gasteiger charge is -2.22. The number of benzene rings is 1. The summed E-state index contributed by atoms with van der Waals surface area (Å²) >= 11 is 0. The fourth-order valence-corrected chi connectivity index (χ4v) is 3.57. The Balaban J connectivity index is 1.89. The van der Waals surface area contributed by atoms with Crippen molar-refractivity contribution in [3.8, 4) is 5.75 Å². The van der Waals surface area contributed by atoms with Gasteiger partial charge < -0.3 is 15.0 Å². The number of rotatable bonds is 13. The number of aromatic nitrogens is 1. The standard InChI is InChI=1S/C22H36N2O/c1-3-5-7-9-15-24(16-10-8-6-4-2)17-14-19-18-23-20-12-11-13-21(25)22(19)20/h11-13,18,23,25H,3-10,14-17H2,1-2H3. The molecule has 3 heteroatoms. The molecule has 0 aliphatic carbocycles. The molecule has 0 fully saturated rings. The van der Waals surface area contributed by atoms with Gasteiger partial charge in [-0.3, -0.25) is 0 Å². The van der Waals surface area contributed by atoms with Crippen molar-refractivity contribution in [2.75, 3.05) is 19.6 Å². The smallest absolute Gasteiger partial charge is 0.125 e. The molecule has 1 heterocycles. The van der Waals surface area contributed by atoms with E-state index in [4.69, 9.17) is 0 Å². The van der Waals surface area contributed by atoms with Gasteiger partial charge in [-0.15, -0.1) is 0 Å². The van der Waals surface area contributed by atoms with Crippen LogP contribution in [-0.2, 0) is 6.42 Å². The van der Waals surface area contributed by atoms with Crippen molar-refractivity contribution in [3.05, 3.63) is 30.0 Å². The summed E-state index contributed by atoms with van der Waals surface area (Å²) in [6.07, 6.45) is 13.7. The number of hydrogen-bond acceptors (Lipinski definition) is 2.